The molecule has 1 N–H and O–H groups in total. The van der Waals surface area contributed by atoms with Gasteiger partial charge in [0.05, 0.1) is 12.1 Å². The Kier molecular flexibility index (Phi) is 9.90. The number of amides is 3. The van der Waals surface area contributed by atoms with Gasteiger partial charge in [0.25, 0.3) is 5.91 Å². The van der Waals surface area contributed by atoms with E-state index in [1.165, 1.54) is 0 Å². The SMILES string of the molecule is CC(C)(C)OC(=O)N1CCN(C(=O)C(C)(C)Oc2cccc(N3CCC[C@@H](C(=O)N(Cc4ccc(-c5cn[nH]c5)cc4)C4CC4)C3)c2)CC1. The van der Waals surface area contributed by atoms with Gasteiger partial charge in [-0.15, -0.1) is 0 Å². The number of carbonyl (C=O) groups is 3. The van der Waals surface area contributed by atoms with E-state index in [0.29, 0.717) is 51.1 Å². The maximum atomic E-state index is 14.0. The number of ether oxygens (including phenoxy) is 2. The average molecular weight is 671 g/mol. The van der Waals surface area contributed by atoms with Crippen LogP contribution < -0.4 is 9.64 Å². The van der Waals surface area contributed by atoms with Crippen LogP contribution in [0.5, 0.6) is 5.75 Å². The van der Waals surface area contributed by atoms with Crippen molar-refractivity contribution in [3.63, 3.8) is 0 Å². The van der Waals surface area contributed by atoms with Gasteiger partial charge in [-0.1, -0.05) is 30.3 Å². The van der Waals surface area contributed by atoms with E-state index in [-0.39, 0.29) is 23.8 Å². The van der Waals surface area contributed by atoms with E-state index in [1.807, 2.05) is 57.4 Å². The summed E-state index contributed by atoms with van der Waals surface area (Å²) in [7, 11) is 0. The number of piperidine rings is 1. The highest BCUT2D eigenvalue weighted by Crippen LogP contribution is 2.34. The van der Waals surface area contributed by atoms with Gasteiger partial charge in [-0.05, 0) is 83.6 Å². The van der Waals surface area contributed by atoms with Gasteiger partial charge >= 0.3 is 6.09 Å². The summed E-state index contributed by atoms with van der Waals surface area (Å²) in [6, 6.07) is 16.6. The van der Waals surface area contributed by atoms with Crippen LogP contribution in [0.4, 0.5) is 10.5 Å². The summed E-state index contributed by atoms with van der Waals surface area (Å²) in [5.41, 5.74) is 2.59. The molecule has 1 aromatic heterocycles. The zero-order valence-electron chi connectivity index (χ0n) is 29.5. The lowest BCUT2D eigenvalue weighted by Crippen LogP contribution is -2.57. The molecule has 3 aromatic rings. The first kappa shape index (κ1) is 34.3. The molecule has 6 rings (SSSR count). The number of aromatic nitrogens is 2. The number of piperazine rings is 1. The molecule has 3 fully saturated rings. The van der Waals surface area contributed by atoms with Crippen LogP contribution in [0, 0.1) is 5.92 Å². The standard InChI is InChI=1S/C38H50N6O5/c1-37(2,3)49-36(47)42-20-18-41(19-21-42)35(46)38(4,5)48-33-10-6-9-32(22-33)43-17-7-8-29(26-43)34(45)44(31-15-16-31)25-27-11-13-28(14-12-27)30-23-39-40-24-30/h6,9-14,22-24,29,31H,7-8,15-21,25-26H2,1-5H3,(H,39,40)/t29-/m1/s1. The lowest BCUT2D eigenvalue weighted by molar-refractivity contribution is -0.147. The normalized spacial score (nSPS) is 18.6. The summed E-state index contributed by atoms with van der Waals surface area (Å²) in [6.45, 7) is 12.9. The summed E-state index contributed by atoms with van der Waals surface area (Å²) in [6.07, 6.45) is 7.25. The summed E-state index contributed by atoms with van der Waals surface area (Å²) in [5.74, 6) is 0.635. The van der Waals surface area contributed by atoms with E-state index in [9.17, 15) is 14.4 Å². The molecule has 0 radical (unpaired) electrons. The van der Waals surface area contributed by atoms with Gasteiger partial charge in [0.2, 0.25) is 5.91 Å². The van der Waals surface area contributed by atoms with Gasteiger partial charge in [-0.3, -0.25) is 14.7 Å². The minimum absolute atomic E-state index is 0.0820. The summed E-state index contributed by atoms with van der Waals surface area (Å²) < 4.78 is 11.8. The summed E-state index contributed by atoms with van der Waals surface area (Å²) >= 11 is 0. The molecule has 3 aliphatic rings. The number of nitrogens with zero attached hydrogens (tertiary/aromatic N) is 5. The molecule has 0 spiro atoms. The number of carbonyl (C=O) groups excluding carboxylic acids is 3. The largest absolute Gasteiger partial charge is 0.478 e. The summed E-state index contributed by atoms with van der Waals surface area (Å²) in [5, 5.41) is 6.91. The molecule has 262 valence electrons. The Bertz CT molecular complexity index is 1600. The van der Waals surface area contributed by atoms with Crippen molar-refractivity contribution in [3.05, 3.63) is 66.5 Å². The Morgan fingerprint density at radius 1 is 0.898 bits per heavy atom. The van der Waals surface area contributed by atoms with E-state index in [4.69, 9.17) is 9.47 Å². The Hall–Kier alpha value is -4.54. The predicted octanol–water partition coefficient (Wildman–Crippen LogP) is 5.72. The van der Waals surface area contributed by atoms with E-state index in [2.05, 4.69) is 44.3 Å². The van der Waals surface area contributed by atoms with Crippen LogP contribution in [0.3, 0.4) is 0 Å². The van der Waals surface area contributed by atoms with Gasteiger partial charge in [-0.25, -0.2) is 4.79 Å². The van der Waals surface area contributed by atoms with Crippen LogP contribution in [0.25, 0.3) is 11.1 Å². The molecule has 11 heteroatoms. The lowest BCUT2D eigenvalue weighted by atomic mass is 9.95. The molecule has 0 bridgehead atoms. The third-order valence-corrected chi connectivity index (χ3v) is 9.47. The molecule has 2 aliphatic heterocycles. The van der Waals surface area contributed by atoms with Crippen LogP contribution in [0.15, 0.2) is 60.9 Å². The highest BCUT2D eigenvalue weighted by Gasteiger charge is 2.39. The Labute approximate surface area is 289 Å². The molecule has 2 saturated heterocycles. The highest BCUT2D eigenvalue weighted by molar-refractivity contribution is 5.85. The number of anilines is 1. The summed E-state index contributed by atoms with van der Waals surface area (Å²) in [4.78, 5) is 47.8. The van der Waals surface area contributed by atoms with Crippen LogP contribution in [0.2, 0.25) is 0 Å². The second kappa shape index (κ2) is 14.1. The Morgan fingerprint density at radius 3 is 2.27 bits per heavy atom. The zero-order chi connectivity index (χ0) is 34.8. The molecule has 3 amide bonds. The second-order valence-electron chi connectivity index (χ2n) is 15.0. The number of rotatable bonds is 9. The van der Waals surface area contributed by atoms with Crippen molar-refractivity contribution >= 4 is 23.6 Å². The van der Waals surface area contributed by atoms with Crippen LogP contribution in [-0.4, -0.2) is 99.3 Å². The van der Waals surface area contributed by atoms with E-state index < -0.39 is 11.2 Å². The Morgan fingerprint density at radius 2 is 1.61 bits per heavy atom. The topological polar surface area (TPSA) is 111 Å². The van der Waals surface area contributed by atoms with E-state index in [0.717, 1.165) is 54.6 Å². The molecule has 1 atom stereocenters. The minimum atomic E-state index is -1.10. The smallest absolute Gasteiger partial charge is 0.410 e. The monoisotopic (exact) mass is 670 g/mol. The average Bonchev–Trinajstić information content (AvgIpc) is 3.78. The van der Waals surface area contributed by atoms with E-state index >= 15 is 0 Å². The van der Waals surface area contributed by atoms with Crippen molar-refractivity contribution < 1.29 is 23.9 Å². The first-order valence-electron chi connectivity index (χ1n) is 17.6. The molecule has 3 heterocycles. The maximum Gasteiger partial charge on any atom is 0.410 e. The van der Waals surface area contributed by atoms with Crippen LogP contribution >= 0.6 is 0 Å². The van der Waals surface area contributed by atoms with Gasteiger partial charge in [0.1, 0.15) is 11.4 Å². The molecule has 0 unspecified atom stereocenters. The number of H-pyrrole nitrogens is 1. The van der Waals surface area contributed by atoms with Crippen LogP contribution in [-0.2, 0) is 20.9 Å². The van der Waals surface area contributed by atoms with E-state index in [1.54, 1.807) is 23.6 Å². The molecule has 2 aromatic carbocycles. The van der Waals surface area contributed by atoms with Crippen molar-refractivity contribution in [2.45, 2.75) is 84.1 Å². The molecule has 11 nitrogen and oxygen atoms in total. The number of aromatic amines is 1. The van der Waals surface area contributed by atoms with Crippen molar-refractivity contribution in [1.29, 1.82) is 0 Å². The maximum absolute atomic E-state index is 14.0. The zero-order valence-corrected chi connectivity index (χ0v) is 29.5. The van der Waals surface area contributed by atoms with Gasteiger partial charge < -0.3 is 29.1 Å². The fraction of sp³-hybridized carbons (Fsp3) is 0.526. The predicted molar refractivity (Wildman–Crippen MR) is 188 cm³/mol. The fourth-order valence-electron chi connectivity index (χ4n) is 6.71. The third kappa shape index (κ3) is 8.55. The molecule has 49 heavy (non-hydrogen) atoms. The first-order valence-corrected chi connectivity index (χ1v) is 17.6. The molecular weight excluding hydrogens is 620 g/mol. The molecular formula is C38H50N6O5. The second-order valence-corrected chi connectivity index (χ2v) is 15.0. The van der Waals surface area contributed by atoms with Crippen molar-refractivity contribution in [1.82, 2.24) is 24.9 Å². The van der Waals surface area contributed by atoms with Gasteiger partial charge in [-0.2, -0.15) is 5.10 Å². The molecule has 1 aliphatic carbocycles. The van der Waals surface area contributed by atoms with Crippen LogP contribution in [0.1, 0.15) is 65.9 Å². The van der Waals surface area contributed by atoms with Crippen molar-refractivity contribution in [2.75, 3.05) is 44.2 Å². The van der Waals surface area contributed by atoms with Gasteiger partial charge in [0.15, 0.2) is 5.60 Å². The Balaban J connectivity index is 1.05. The number of benzene rings is 2. The lowest BCUT2D eigenvalue weighted by Gasteiger charge is -2.39. The van der Waals surface area contributed by atoms with Crippen molar-refractivity contribution in [3.8, 4) is 16.9 Å². The fourth-order valence-corrected chi connectivity index (χ4v) is 6.71. The van der Waals surface area contributed by atoms with Gasteiger partial charge in [0, 0.05) is 75.4 Å². The quantitative estimate of drug-likeness (QED) is 0.310. The first-order chi connectivity index (χ1) is 23.4. The number of nitrogens with one attached hydrogen (secondary N) is 1. The number of hydrogen-bond acceptors (Lipinski definition) is 7. The third-order valence-electron chi connectivity index (χ3n) is 9.47. The minimum Gasteiger partial charge on any atom is -0.478 e. The highest BCUT2D eigenvalue weighted by atomic mass is 16.6. The number of hydrogen-bond donors (Lipinski definition) is 1. The van der Waals surface area contributed by atoms with Crippen molar-refractivity contribution in [2.24, 2.45) is 5.92 Å². The molecule has 1 saturated carbocycles.